The molecule has 114 valence electrons. The molecule has 3 nitrogen and oxygen atoms in total. The molecule has 1 fully saturated rings. The summed E-state index contributed by atoms with van der Waals surface area (Å²) in [7, 11) is 0. The number of hydrogen-bond donors (Lipinski definition) is 1. The van der Waals surface area contributed by atoms with Crippen LogP contribution in [0.1, 0.15) is 31.7 Å². The summed E-state index contributed by atoms with van der Waals surface area (Å²) < 4.78 is 13.4. The predicted molar refractivity (Wildman–Crippen MR) is 81.0 cm³/mol. The summed E-state index contributed by atoms with van der Waals surface area (Å²) in [4.78, 5) is 13.9. The first-order chi connectivity index (χ1) is 10.1. The van der Waals surface area contributed by atoms with Crippen molar-refractivity contribution in [2.24, 2.45) is 5.92 Å². The minimum absolute atomic E-state index is 0.0351. The lowest BCUT2D eigenvalue weighted by Gasteiger charge is -2.34. The number of benzene rings is 1. The van der Waals surface area contributed by atoms with Crippen LogP contribution in [0, 0.1) is 11.7 Å². The van der Waals surface area contributed by atoms with E-state index >= 15 is 0 Å². The highest BCUT2D eigenvalue weighted by atomic mass is 19.1. The number of carbonyl (C=O) groups is 1. The van der Waals surface area contributed by atoms with Gasteiger partial charge in [-0.3, -0.25) is 4.79 Å². The van der Waals surface area contributed by atoms with Gasteiger partial charge in [-0.15, -0.1) is 0 Å². The summed E-state index contributed by atoms with van der Waals surface area (Å²) in [5.74, 6) is -0.0838. The Kier molecular flexibility index (Phi) is 5.51. The smallest absolute Gasteiger partial charge is 0.226 e. The van der Waals surface area contributed by atoms with Gasteiger partial charge in [-0.25, -0.2) is 4.39 Å². The van der Waals surface area contributed by atoms with Crippen molar-refractivity contribution >= 4 is 12.0 Å². The van der Waals surface area contributed by atoms with Gasteiger partial charge in [-0.05, 0) is 25.8 Å². The number of amides is 1. The molecular formula is C17H22FNO2. The number of aliphatic hydroxyl groups is 1. The van der Waals surface area contributed by atoms with Gasteiger partial charge in [0.1, 0.15) is 5.82 Å². The Morgan fingerprint density at radius 2 is 2.29 bits per heavy atom. The zero-order chi connectivity index (χ0) is 15.2. The van der Waals surface area contributed by atoms with E-state index < -0.39 is 0 Å². The van der Waals surface area contributed by atoms with Crippen LogP contribution in [0.25, 0.3) is 6.08 Å². The van der Waals surface area contributed by atoms with Gasteiger partial charge in [0.2, 0.25) is 5.91 Å². The maximum Gasteiger partial charge on any atom is 0.226 e. The minimum atomic E-state index is -0.380. The van der Waals surface area contributed by atoms with E-state index in [-0.39, 0.29) is 30.2 Å². The molecule has 0 aliphatic carbocycles. The lowest BCUT2D eigenvalue weighted by Crippen LogP contribution is -2.42. The number of rotatable bonds is 4. The quantitative estimate of drug-likeness (QED) is 0.926. The van der Waals surface area contributed by atoms with Gasteiger partial charge in [-0.2, -0.15) is 0 Å². The van der Waals surface area contributed by atoms with Gasteiger partial charge < -0.3 is 10.0 Å². The summed E-state index contributed by atoms with van der Waals surface area (Å²) in [6.07, 6.45) is 5.12. The van der Waals surface area contributed by atoms with Crippen LogP contribution in [-0.2, 0) is 4.79 Å². The Balaban J connectivity index is 1.88. The third kappa shape index (κ3) is 4.39. The highest BCUT2D eigenvalue weighted by molar-refractivity contribution is 5.78. The van der Waals surface area contributed by atoms with Crippen LogP contribution in [0.5, 0.6) is 0 Å². The minimum Gasteiger partial charge on any atom is -0.393 e. The summed E-state index contributed by atoms with van der Waals surface area (Å²) in [6.45, 7) is 3.14. The molecule has 1 aromatic rings. The fourth-order valence-electron chi connectivity index (χ4n) is 2.66. The van der Waals surface area contributed by atoms with Crippen molar-refractivity contribution in [3.05, 3.63) is 41.7 Å². The Bertz CT molecular complexity index is 513. The number of carbonyl (C=O) groups excluding carboxylic acids is 1. The van der Waals surface area contributed by atoms with E-state index in [1.54, 1.807) is 42.2 Å². The normalized spacial score (nSPS) is 20.7. The van der Waals surface area contributed by atoms with Crippen LogP contribution >= 0.6 is 0 Å². The molecule has 1 saturated heterocycles. The SMILES string of the molecule is CC(O)C1CCCN(C(=O)C/C=C/c2ccccc2F)C1. The van der Waals surface area contributed by atoms with Crippen LogP contribution in [0.3, 0.4) is 0 Å². The Labute approximate surface area is 125 Å². The molecule has 1 aliphatic rings. The van der Waals surface area contributed by atoms with Crippen LogP contribution in [-0.4, -0.2) is 35.1 Å². The molecule has 0 bridgehead atoms. The topological polar surface area (TPSA) is 40.5 Å². The van der Waals surface area contributed by atoms with Crippen molar-refractivity contribution in [3.63, 3.8) is 0 Å². The van der Waals surface area contributed by atoms with Crippen molar-refractivity contribution in [2.75, 3.05) is 13.1 Å². The molecule has 2 rings (SSSR count). The first kappa shape index (κ1) is 15.7. The van der Waals surface area contributed by atoms with E-state index in [1.165, 1.54) is 6.07 Å². The number of hydrogen-bond acceptors (Lipinski definition) is 2. The van der Waals surface area contributed by atoms with Gasteiger partial charge in [0.05, 0.1) is 6.10 Å². The fraction of sp³-hybridized carbons (Fsp3) is 0.471. The Hall–Kier alpha value is -1.68. The maximum absolute atomic E-state index is 13.4. The molecule has 2 unspecified atom stereocenters. The van der Waals surface area contributed by atoms with E-state index in [1.807, 2.05) is 0 Å². The maximum atomic E-state index is 13.4. The highest BCUT2D eigenvalue weighted by Gasteiger charge is 2.25. The van der Waals surface area contributed by atoms with Crippen LogP contribution in [0.15, 0.2) is 30.3 Å². The number of aliphatic hydroxyl groups excluding tert-OH is 1. The summed E-state index contributed by atoms with van der Waals surface area (Å²) in [5, 5.41) is 9.64. The standard InChI is InChI=1S/C17H22FNO2/c1-13(20)15-8-5-11-19(12-15)17(21)10-4-7-14-6-2-3-9-16(14)18/h2-4,6-7,9,13,15,20H,5,8,10-12H2,1H3/b7-4+. The van der Waals surface area contributed by atoms with Crippen molar-refractivity contribution in [1.29, 1.82) is 0 Å². The predicted octanol–water partition coefficient (Wildman–Crippen LogP) is 2.85. The Morgan fingerprint density at radius 1 is 1.52 bits per heavy atom. The zero-order valence-electron chi connectivity index (χ0n) is 12.3. The number of halogens is 1. The lowest BCUT2D eigenvalue weighted by molar-refractivity contribution is -0.132. The monoisotopic (exact) mass is 291 g/mol. The average Bonchev–Trinajstić information content (AvgIpc) is 2.49. The summed E-state index contributed by atoms with van der Waals surface area (Å²) in [5.41, 5.74) is 0.491. The van der Waals surface area contributed by atoms with Gasteiger partial charge in [0.25, 0.3) is 0 Å². The van der Waals surface area contributed by atoms with Crippen LogP contribution in [0.2, 0.25) is 0 Å². The molecule has 1 aromatic carbocycles. The first-order valence-electron chi connectivity index (χ1n) is 7.45. The van der Waals surface area contributed by atoms with Crippen molar-refractivity contribution in [3.8, 4) is 0 Å². The highest BCUT2D eigenvalue weighted by Crippen LogP contribution is 2.20. The largest absolute Gasteiger partial charge is 0.393 e. The molecule has 0 spiro atoms. The van der Waals surface area contributed by atoms with E-state index in [0.717, 1.165) is 19.4 Å². The molecule has 1 aliphatic heterocycles. The van der Waals surface area contributed by atoms with E-state index in [4.69, 9.17) is 0 Å². The van der Waals surface area contributed by atoms with Crippen molar-refractivity contribution in [1.82, 2.24) is 4.90 Å². The molecule has 1 N–H and O–H groups in total. The van der Waals surface area contributed by atoms with Crippen molar-refractivity contribution < 1.29 is 14.3 Å². The Morgan fingerprint density at radius 3 is 3.00 bits per heavy atom. The molecule has 21 heavy (non-hydrogen) atoms. The number of piperidine rings is 1. The molecule has 1 heterocycles. The third-order valence-electron chi connectivity index (χ3n) is 3.99. The van der Waals surface area contributed by atoms with Gasteiger partial charge in [-0.1, -0.05) is 30.4 Å². The number of likely N-dealkylation sites (tertiary alicyclic amines) is 1. The van der Waals surface area contributed by atoms with Crippen LogP contribution in [0.4, 0.5) is 4.39 Å². The summed E-state index contributed by atoms with van der Waals surface area (Å²) >= 11 is 0. The fourth-order valence-corrected chi connectivity index (χ4v) is 2.66. The molecule has 0 radical (unpaired) electrons. The molecule has 0 saturated carbocycles. The molecule has 4 heteroatoms. The molecule has 0 aromatic heterocycles. The number of nitrogens with zero attached hydrogens (tertiary/aromatic N) is 1. The van der Waals surface area contributed by atoms with Crippen LogP contribution < -0.4 is 0 Å². The second kappa shape index (κ2) is 7.36. The molecular weight excluding hydrogens is 269 g/mol. The third-order valence-corrected chi connectivity index (χ3v) is 3.99. The van der Waals surface area contributed by atoms with E-state index in [0.29, 0.717) is 12.1 Å². The zero-order valence-corrected chi connectivity index (χ0v) is 12.3. The second-order valence-electron chi connectivity index (χ2n) is 5.61. The van der Waals surface area contributed by atoms with Gasteiger partial charge >= 0.3 is 0 Å². The molecule has 1 amide bonds. The summed E-state index contributed by atoms with van der Waals surface area (Å²) in [6, 6.07) is 6.49. The lowest BCUT2D eigenvalue weighted by atomic mass is 9.93. The first-order valence-corrected chi connectivity index (χ1v) is 7.45. The second-order valence-corrected chi connectivity index (χ2v) is 5.61. The van der Waals surface area contributed by atoms with E-state index in [2.05, 4.69) is 0 Å². The average molecular weight is 291 g/mol. The van der Waals surface area contributed by atoms with Crippen molar-refractivity contribution in [2.45, 2.75) is 32.3 Å². The van der Waals surface area contributed by atoms with Gasteiger partial charge in [0.15, 0.2) is 0 Å². The van der Waals surface area contributed by atoms with E-state index in [9.17, 15) is 14.3 Å². The molecule has 2 atom stereocenters. The van der Waals surface area contributed by atoms with Gasteiger partial charge in [0, 0.05) is 31.0 Å².